The van der Waals surface area contributed by atoms with Crippen LogP contribution in [0.25, 0.3) is 16.6 Å². The average molecular weight is 273 g/mol. The molecule has 1 aliphatic heterocycles. The second-order valence-corrected chi connectivity index (χ2v) is 4.75. The molecule has 0 radical (unpaired) electrons. The van der Waals surface area contributed by atoms with E-state index in [0.29, 0.717) is 5.02 Å². The Morgan fingerprint density at radius 3 is 2.58 bits per heavy atom. The fourth-order valence-electron chi connectivity index (χ4n) is 2.14. The molecule has 2 heterocycles. The van der Waals surface area contributed by atoms with Gasteiger partial charge in [-0.15, -0.1) is 0 Å². The fraction of sp³-hybridized carbons (Fsp3) is 0.0714. The lowest BCUT2D eigenvalue weighted by Gasteiger charge is -1.99. The third-order valence-corrected chi connectivity index (χ3v) is 3.34. The molecular weight excluding hydrogens is 264 g/mol. The summed E-state index contributed by atoms with van der Waals surface area (Å²) in [5.41, 5.74) is 1.83. The van der Waals surface area contributed by atoms with E-state index in [1.54, 1.807) is 0 Å². The third-order valence-electron chi connectivity index (χ3n) is 3.09. The molecule has 0 aliphatic carbocycles. The first-order valence-electron chi connectivity index (χ1n) is 5.84. The zero-order valence-corrected chi connectivity index (χ0v) is 10.6. The van der Waals surface area contributed by atoms with E-state index in [2.05, 4.69) is 5.10 Å². The zero-order valence-electron chi connectivity index (χ0n) is 9.84. The number of nitrogens with zero attached hydrogens (tertiary/aromatic N) is 2. The summed E-state index contributed by atoms with van der Waals surface area (Å²) in [6, 6.07) is 11.4. The number of ether oxygens (including phenoxy) is 2. The number of hydrogen-bond donors (Lipinski definition) is 0. The Labute approximate surface area is 114 Å². The Morgan fingerprint density at radius 2 is 1.79 bits per heavy atom. The van der Waals surface area contributed by atoms with Crippen LogP contribution in [0.3, 0.4) is 0 Å². The molecular formula is C14H9ClN2O2. The summed E-state index contributed by atoms with van der Waals surface area (Å²) in [6.07, 6.45) is 1.96. The van der Waals surface area contributed by atoms with Gasteiger partial charge in [-0.3, -0.25) is 0 Å². The molecule has 0 unspecified atom stereocenters. The van der Waals surface area contributed by atoms with Crippen molar-refractivity contribution in [2.45, 2.75) is 0 Å². The second-order valence-electron chi connectivity index (χ2n) is 4.31. The first-order valence-corrected chi connectivity index (χ1v) is 6.22. The highest BCUT2D eigenvalue weighted by atomic mass is 35.5. The van der Waals surface area contributed by atoms with Gasteiger partial charge in [0.1, 0.15) is 0 Å². The van der Waals surface area contributed by atoms with Crippen LogP contribution in [0.5, 0.6) is 11.5 Å². The van der Waals surface area contributed by atoms with Gasteiger partial charge in [-0.25, -0.2) is 4.68 Å². The molecule has 94 valence electrons. The van der Waals surface area contributed by atoms with E-state index in [-0.39, 0.29) is 6.79 Å². The predicted molar refractivity (Wildman–Crippen MR) is 72.2 cm³/mol. The molecule has 0 spiro atoms. The topological polar surface area (TPSA) is 36.3 Å². The van der Waals surface area contributed by atoms with Gasteiger partial charge in [0, 0.05) is 22.7 Å². The third kappa shape index (κ3) is 1.72. The molecule has 4 nitrogen and oxygen atoms in total. The van der Waals surface area contributed by atoms with E-state index in [0.717, 1.165) is 28.1 Å². The van der Waals surface area contributed by atoms with Crippen molar-refractivity contribution in [2.24, 2.45) is 0 Å². The predicted octanol–water partition coefficient (Wildman–Crippen LogP) is 3.41. The van der Waals surface area contributed by atoms with E-state index in [9.17, 15) is 0 Å². The number of benzene rings is 2. The Kier molecular flexibility index (Phi) is 2.19. The molecule has 0 amide bonds. The van der Waals surface area contributed by atoms with Crippen molar-refractivity contribution in [2.75, 3.05) is 6.79 Å². The Bertz CT molecular complexity index is 724. The minimum Gasteiger partial charge on any atom is -0.454 e. The van der Waals surface area contributed by atoms with Crippen LogP contribution in [0.2, 0.25) is 5.02 Å². The van der Waals surface area contributed by atoms with Crippen molar-refractivity contribution < 1.29 is 9.47 Å². The number of fused-ring (bicyclic) bond motifs is 2. The van der Waals surface area contributed by atoms with Gasteiger partial charge in [0.15, 0.2) is 11.5 Å². The van der Waals surface area contributed by atoms with Gasteiger partial charge in [0.05, 0.1) is 11.2 Å². The van der Waals surface area contributed by atoms with Gasteiger partial charge >= 0.3 is 0 Å². The van der Waals surface area contributed by atoms with Gasteiger partial charge in [-0.05, 0) is 30.3 Å². The first kappa shape index (κ1) is 10.7. The summed E-state index contributed by atoms with van der Waals surface area (Å²) in [5, 5.41) is 6.25. The second kappa shape index (κ2) is 3.90. The van der Waals surface area contributed by atoms with Crippen molar-refractivity contribution >= 4 is 22.5 Å². The molecule has 3 aromatic rings. The lowest BCUT2D eigenvalue weighted by atomic mass is 10.2. The monoisotopic (exact) mass is 272 g/mol. The van der Waals surface area contributed by atoms with Crippen LogP contribution in [-0.4, -0.2) is 16.6 Å². The van der Waals surface area contributed by atoms with Crippen molar-refractivity contribution in [3.05, 3.63) is 47.6 Å². The van der Waals surface area contributed by atoms with Gasteiger partial charge in [-0.1, -0.05) is 11.6 Å². The van der Waals surface area contributed by atoms with Crippen molar-refractivity contribution in [3.63, 3.8) is 0 Å². The number of halogens is 1. The van der Waals surface area contributed by atoms with Gasteiger partial charge < -0.3 is 9.47 Å². The van der Waals surface area contributed by atoms with Crippen LogP contribution in [0, 0.1) is 0 Å². The van der Waals surface area contributed by atoms with E-state index < -0.39 is 0 Å². The fourth-order valence-corrected chi connectivity index (χ4v) is 2.27. The summed E-state index contributed by atoms with van der Waals surface area (Å²) in [4.78, 5) is 0. The maximum absolute atomic E-state index is 5.88. The molecule has 0 atom stereocenters. The molecule has 0 saturated carbocycles. The quantitative estimate of drug-likeness (QED) is 0.681. The van der Waals surface area contributed by atoms with Crippen LogP contribution in [0.1, 0.15) is 0 Å². The zero-order chi connectivity index (χ0) is 12.8. The molecule has 19 heavy (non-hydrogen) atoms. The van der Waals surface area contributed by atoms with Crippen LogP contribution in [-0.2, 0) is 0 Å². The molecule has 4 rings (SSSR count). The maximum Gasteiger partial charge on any atom is 0.231 e. The Morgan fingerprint density at radius 1 is 1.05 bits per heavy atom. The highest BCUT2D eigenvalue weighted by Gasteiger charge is 2.15. The normalized spacial score (nSPS) is 13.1. The molecule has 0 saturated heterocycles. The van der Waals surface area contributed by atoms with Crippen molar-refractivity contribution in [1.29, 1.82) is 0 Å². The molecule has 0 N–H and O–H groups in total. The Hall–Kier alpha value is -2.20. The lowest BCUT2D eigenvalue weighted by Crippen LogP contribution is -1.93. The summed E-state index contributed by atoms with van der Waals surface area (Å²) in [6.45, 7) is 0.277. The highest BCUT2D eigenvalue weighted by Crippen LogP contribution is 2.35. The molecule has 1 aromatic heterocycles. The Balaban J connectivity index is 1.86. The minimum absolute atomic E-state index is 0.277. The number of aromatic nitrogens is 2. The van der Waals surface area contributed by atoms with Crippen molar-refractivity contribution in [3.8, 4) is 17.2 Å². The smallest absolute Gasteiger partial charge is 0.231 e. The standard InChI is InChI=1S/C14H9ClN2O2/c15-10-1-3-11(4-2-10)17-7-9-5-13-14(19-8-18-13)6-12(9)16-17/h1-7H,8H2. The van der Waals surface area contributed by atoms with Crippen LogP contribution in [0.15, 0.2) is 42.6 Å². The lowest BCUT2D eigenvalue weighted by molar-refractivity contribution is 0.174. The molecule has 0 fully saturated rings. The van der Waals surface area contributed by atoms with E-state index >= 15 is 0 Å². The SMILES string of the molecule is Clc1ccc(-n2cc3cc4c(cc3n2)OCO4)cc1. The van der Waals surface area contributed by atoms with Crippen LogP contribution >= 0.6 is 11.6 Å². The van der Waals surface area contributed by atoms with E-state index in [1.807, 2.05) is 47.3 Å². The molecule has 1 aliphatic rings. The summed E-state index contributed by atoms with van der Waals surface area (Å²) in [5.74, 6) is 1.51. The van der Waals surface area contributed by atoms with E-state index in [4.69, 9.17) is 21.1 Å². The van der Waals surface area contributed by atoms with Gasteiger partial charge in [0.25, 0.3) is 0 Å². The molecule has 5 heteroatoms. The van der Waals surface area contributed by atoms with Gasteiger partial charge in [0.2, 0.25) is 6.79 Å². The summed E-state index contributed by atoms with van der Waals surface area (Å²) < 4.78 is 12.5. The summed E-state index contributed by atoms with van der Waals surface area (Å²) in [7, 11) is 0. The highest BCUT2D eigenvalue weighted by molar-refractivity contribution is 6.30. The van der Waals surface area contributed by atoms with Crippen LogP contribution in [0.4, 0.5) is 0 Å². The average Bonchev–Trinajstić information content (AvgIpc) is 3.01. The first-order chi connectivity index (χ1) is 9.29. The largest absolute Gasteiger partial charge is 0.454 e. The van der Waals surface area contributed by atoms with Crippen molar-refractivity contribution in [1.82, 2.24) is 9.78 Å². The molecule has 0 bridgehead atoms. The van der Waals surface area contributed by atoms with E-state index in [1.165, 1.54) is 0 Å². The summed E-state index contributed by atoms with van der Waals surface area (Å²) >= 11 is 5.88. The minimum atomic E-state index is 0.277. The van der Waals surface area contributed by atoms with Crippen LogP contribution < -0.4 is 9.47 Å². The number of hydrogen-bond acceptors (Lipinski definition) is 3. The van der Waals surface area contributed by atoms with Gasteiger partial charge in [-0.2, -0.15) is 5.10 Å². The maximum atomic E-state index is 5.88. The number of rotatable bonds is 1. The molecule has 2 aromatic carbocycles.